The predicted octanol–water partition coefficient (Wildman–Crippen LogP) is 2.62. The van der Waals surface area contributed by atoms with Gasteiger partial charge in [0.1, 0.15) is 17.2 Å². The molecule has 0 spiro atoms. The molecule has 0 unspecified atom stereocenters. The van der Waals surface area contributed by atoms with Crippen LogP contribution in [-0.4, -0.2) is 72.0 Å². The van der Waals surface area contributed by atoms with Crippen molar-refractivity contribution in [3.8, 4) is 11.5 Å². The van der Waals surface area contributed by atoms with Crippen molar-refractivity contribution in [1.29, 1.82) is 0 Å². The van der Waals surface area contributed by atoms with Crippen LogP contribution in [0.15, 0.2) is 29.3 Å². The van der Waals surface area contributed by atoms with Gasteiger partial charge in [0.05, 0.1) is 0 Å². The molecule has 6 heteroatoms. The topological polar surface area (TPSA) is 85.3 Å². The molecule has 6 nitrogen and oxygen atoms in total. The Kier molecular flexibility index (Phi) is 6.66. The fourth-order valence-electron chi connectivity index (χ4n) is 3.62. The van der Waals surface area contributed by atoms with Gasteiger partial charge >= 0.3 is 0 Å². The van der Waals surface area contributed by atoms with Gasteiger partial charge in [0.2, 0.25) is 0 Å². The minimum Gasteiger partial charge on any atom is -0.507 e. The van der Waals surface area contributed by atoms with Crippen LogP contribution in [0.3, 0.4) is 0 Å². The SMILES string of the molecule is Cc1c(N=CCCN2CCN(CCCN)CC2)c(O)c2ccccc2c1O. The minimum absolute atomic E-state index is 0.130. The van der Waals surface area contributed by atoms with Crippen molar-refractivity contribution in [1.82, 2.24) is 9.80 Å². The Morgan fingerprint density at radius 3 is 2.22 bits per heavy atom. The van der Waals surface area contributed by atoms with Crippen LogP contribution in [0.2, 0.25) is 0 Å². The van der Waals surface area contributed by atoms with Gasteiger partial charge in [0.15, 0.2) is 0 Å². The highest BCUT2D eigenvalue weighted by molar-refractivity contribution is 5.99. The molecule has 1 fully saturated rings. The number of fused-ring (bicyclic) bond motifs is 1. The van der Waals surface area contributed by atoms with Crippen LogP contribution >= 0.6 is 0 Å². The van der Waals surface area contributed by atoms with Gasteiger partial charge in [-0.05, 0) is 32.9 Å². The van der Waals surface area contributed by atoms with E-state index in [0.717, 1.165) is 58.7 Å². The van der Waals surface area contributed by atoms with Gasteiger partial charge in [-0.3, -0.25) is 4.99 Å². The second-order valence-electron chi connectivity index (χ2n) is 7.14. The van der Waals surface area contributed by atoms with Gasteiger partial charge in [0, 0.05) is 55.3 Å². The lowest BCUT2D eigenvalue weighted by Crippen LogP contribution is -2.47. The quantitative estimate of drug-likeness (QED) is 0.515. The van der Waals surface area contributed by atoms with E-state index >= 15 is 0 Å². The Labute approximate surface area is 160 Å². The Morgan fingerprint density at radius 1 is 1.00 bits per heavy atom. The van der Waals surface area contributed by atoms with E-state index in [9.17, 15) is 10.2 Å². The second kappa shape index (κ2) is 9.17. The third kappa shape index (κ3) is 4.58. The Bertz CT molecular complexity index is 798. The van der Waals surface area contributed by atoms with E-state index < -0.39 is 0 Å². The first-order valence-electron chi connectivity index (χ1n) is 9.72. The molecule has 27 heavy (non-hydrogen) atoms. The number of aliphatic imine (C=N–C) groups is 1. The maximum atomic E-state index is 10.6. The van der Waals surface area contributed by atoms with Crippen LogP contribution < -0.4 is 5.73 Å². The lowest BCUT2D eigenvalue weighted by molar-refractivity contribution is 0.135. The summed E-state index contributed by atoms with van der Waals surface area (Å²) >= 11 is 0. The molecule has 0 aromatic heterocycles. The highest BCUT2D eigenvalue weighted by Crippen LogP contribution is 2.43. The standard InChI is InChI=1S/C21H30N4O2/c1-16-19(21(27)18-7-3-2-6-17(18)20(16)26)23-9-5-11-25-14-12-24(13-15-25)10-4-8-22/h2-3,6-7,9,26-27H,4-5,8,10-15,22H2,1H3. The fraction of sp³-hybridized carbons (Fsp3) is 0.476. The second-order valence-corrected chi connectivity index (χ2v) is 7.14. The molecule has 1 aliphatic heterocycles. The number of nitrogens with two attached hydrogens (primary N) is 1. The molecule has 1 aliphatic rings. The normalized spacial score (nSPS) is 16.5. The summed E-state index contributed by atoms with van der Waals surface area (Å²) in [4.78, 5) is 9.38. The molecule has 2 aromatic carbocycles. The van der Waals surface area contributed by atoms with Crippen LogP contribution in [0.25, 0.3) is 10.8 Å². The molecule has 3 rings (SSSR count). The number of benzene rings is 2. The van der Waals surface area contributed by atoms with Crippen molar-refractivity contribution in [2.24, 2.45) is 10.7 Å². The molecule has 0 saturated carbocycles. The fourth-order valence-corrected chi connectivity index (χ4v) is 3.62. The maximum Gasteiger partial charge on any atom is 0.149 e. The molecule has 146 valence electrons. The van der Waals surface area contributed by atoms with Crippen LogP contribution in [0.1, 0.15) is 18.4 Å². The highest BCUT2D eigenvalue weighted by atomic mass is 16.3. The zero-order valence-corrected chi connectivity index (χ0v) is 16.1. The Morgan fingerprint density at radius 2 is 1.59 bits per heavy atom. The van der Waals surface area contributed by atoms with Crippen LogP contribution in [0.5, 0.6) is 11.5 Å². The van der Waals surface area contributed by atoms with E-state index in [1.54, 1.807) is 19.1 Å². The van der Waals surface area contributed by atoms with Crippen LogP contribution in [-0.2, 0) is 0 Å². The molecule has 0 atom stereocenters. The van der Waals surface area contributed by atoms with E-state index in [4.69, 9.17) is 5.73 Å². The van der Waals surface area contributed by atoms with Crippen LogP contribution in [0, 0.1) is 6.92 Å². The van der Waals surface area contributed by atoms with Gasteiger partial charge in [-0.25, -0.2) is 0 Å². The molecular formula is C21H30N4O2. The molecular weight excluding hydrogens is 340 g/mol. The van der Waals surface area contributed by atoms with E-state index in [-0.39, 0.29) is 11.5 Å². The van der Waals surface area contributed by atoms with Crippen molar-refractivity contribution in [3.05, 3.63) is 29.8 Å². The molecule has 0 radical (unpaired) electrons. The number of aromatic hydroxyl groups is 2. The summed E-state index contributed by atoms with van der Waals surface area (Å²) in [5, 5.41) is 22.2. The molecule has 2 aromatic rings. The van der Waals surface area contributed by atoms with Crippen molar-refractivity contribution in [2.45, 2.75) is 19.8 Å². The summed E-state index contributed by atoms with van der Waals surface area (Å²) in [6, 6.07) is 7.29. The van der Waals surface area contributed by atoms with Crippen molar-refractivity contribution < 1.29 is 10.2 Å². The number of nitrogens with zero attached hydrogens (tertiary/aromatic N) is 3. The van der Waals surface area contributed by atoms with Gasteiger partial charge in [-0.1, -0.05) is 24.3 Å². The summed E-state index contributed by atoms with van der Waals surface area (Å²) in [7, 11) is 0. The largest absolute Gasteiger partial charge is 0.507 e. The monoisotopic (exact) mass is 370 g/mol. The zero-order valence-electron chi connectivity index (χ0n) is 16.1. The molecule has 0 bridgehead atoms. The average Bonchev–Trinajstić information content (AvgIpc) is 2.71. The zero-order chi connectivity index (χ0) is 19.2. The van der Waals surface area contributed by atoms with Crippen molar-refractivity contribution in [3.63, 3.8) is 0 Å². The van der Waals surface area contributed by atoms with E-state index in [0.29, 0.717) is 22.0 Å². The van der Waals surface area contributed by atoms with Crippen molar-refractivity contribution >= 4 is 22.7 Å². The number of piperazine rings is 1. The summed E-state index contributed by atoms with van der Waals surface area (Å²) in [6.07, 6.45) is 3.72. The summed E-state index contributed by atoms with van der Waals surface area (Å²) in [5.41, 5.74) is 6.64. The minimum atomic E-state index is 0.130. The summed E-state index contributed by atoms with van der Waals surface area (Å²) in [5.74, 6) is 0.315. The first kappa shape index (κ1) is 19.6. The number of hydrogen-bond acceptors (Lipinski definition) is 6. The predicted molar refractivity (Wildman–Crippen MR) is 111 cm³/mol. The first-order valence-corrected chi connectivity index (χ1v) is 9.72. The Hall–Kier alpha value is -2.15. The summed E-state index contributed by atoms with van der Waals surface area (Å²) < 4.78 is 0. The van der Waals surface area contributed by atoms with Gasteiger partial charge in [-0.15, -0.1) is 0 Å². The molecule has 1 heterocycles. The maximum absolute atomic E-state index is 10.6. The van der Waals surface area contributed by atoms with Crippen molar-refractivity contribution in [2.75, 3.05) is 45.8 Å². The third-order valence-corrected chi connectivity index (χ3v) is 5.31. The molecule has 0 amide bonds. The highest BCUT2D eigenvalue weighted by Gasteiger charge is 2.16. The van der Waals surface area contributed by atoms with E-state index in [1.807, 2.05) is 18.3 Å². The average molecular weight is 370 g/mol. The molecule has 4 N–H and O–H groups in total. The Balaban J connectivity index is 1.58. The van der Waals surface area contributed by atoms with Gasteiger partial charge in [-0.2, -0.15) is 0 Å². The molecule has 0 aliphatic carbocycles. The lowest BCUT2D eigenvalue weighted by Gasteiger charge is -2.34. The van der Waals surface area contributed by atoms with Gasteiger partial charge in [0.25, 0.3) is 0 Å². The first-order chi connectivity index (χ1) is 13.1. The lowest BCUT2D eigenvalue weighted by atomic mass is 10.0. The number of phenols is 2. The van der Waals surface area contributed by atoms with E-state index in [2.05, 4.69) is 14.8 Å². The summed E-state index contributed by atoms with van der Waals surface area (Å²) in [6.45, 7) is 8.91. The van der Waals surface area contributed by atoms with Gasteiger partial charge < -0.3 is 25.7 Å². The number of rotatable bonds is 7. The third-order valence-electron chi connectivity index (χ3n) is 5.31. The number of hydrogen-bond donors (Lipinski definition) is 3. The van der Waals surface area contributed by atoms with Crippen LogP contribution in [0.4, 0.5) is 5.69 Å². The molecule has 1 saturated heterocycles. The van der Waals surface area contributed by atoms with E-state index in [1.165, 1.54) is 0 Å². The smallest absolute Gasteiger partial charge is 0.149 e. The number of phenolic OH excluding ortho intramolecular Hbond substituents is 2.